The highest BCUT2D eigenvalue weighted by molar-refractivity contribution is 6.04. The first kappa shape index (κ1) is 17.0. The van der Waals surface area contributed by atoms with Gasteiger partial charge in [0.25, 0.3) is 5.56 Å². The highest BCUT2D eigenvalue weighted by Gasteiger charge is 2.23. The van der Waals surface area contributed by atoms with Gasteiger partial charge in [-0.25, -0.2) is 4.68 Å². The van der Waals surface area contributed by atoms with Crippen LogP contribution in [0, 0.1) is 0 Å². The van der Waals surface area contributed by atoms with Gasteiger partial charge in [-0.1, -0.05) is 18.2 Å². The smallest absolute Gasteiger partial charge is 0.280 e. The van der Waals surface area contributed by atoms with Crippen LogP contribution in [0.3, 0.4) is 0 Å². The summed E-state index contributed by atoms with van der Waals surface area (Å²) in [7, 11) is 0. The Labute approximate surface area is 162 Å². The molecule has 6 nitrogen and oxygen atoms in total. The number of hydrogen-bond donors (Lipinski definition) is 1. The third-order valence-electron chi connectivity index (χ3n) is 5.31. The van der Waals surface area contributed by atoms with Crippen molar-refractivity contribution in [1.82, 2.24) is 14.8 Å². The molecule has 1 fully saturated rings. The Morgan fingerprint density at radius 2 is 1.75 bits per heavy atom. The number of pyridine rings is 1. The minimum Gasteiger partial charge on any atom is -0.372 e. The molecule has 1 saturated heterocycles. The standard InChI is InChI=1S/C22H22N4O2/c1-14-12-25(13-15(2)28-14)17-8-9-20-18(10-17)21-19(11-23-20)22(27)26(24-21)16-6-4-3-5-7-16/h3-11,14-15,24H,12-13H2,1-2H3. The molecule has 2 aromatic heterocycles. The number of anilines is 1. The Morgan fingerprint density at radius 3 is 2.50 bits per heavy atom. The fourth-order valence-electron chi connectivity index (χ4n) is 4.09. The largest absolute Gasteiger partial charge is 0.372 e. The van der Waals surface area contributed by atoms with Gasteiger partial charge in [0.2, 0.25) is 0 Å². The molecule has 0 radical (unpaired) electrons. The molecule has 0 amide bonds. The number of aromatic amines is 1. The second-order valence-electron chi connectivity index (χ2n) is 7.50. The molecule has 6 heteroatoms. The highest BCUT2D eigenvalue weighted by Crippen LogP contribution is 2.28. The Hall–Kier alpha value is -3.12. The topological polar surface area (TPSA) is 63.2 Å². The molecular weight excluding hydrogens is 352 g/mol. The maximum absolute atomic E-state index is 12.9. The fourth-order valence-corrected chi connectivity index (χ4v) is 4.09. The Bertz CT molecular complexity index is 1200. The van der Waals surface area contributed by atoms with Crippen LogP contribution in [0.5, 0.6) is 0 Å². The lowest BCUT2D eigenvalue weighted by atomic mass is 10.1. The Morgan fingerprint density at radius 1 is 1.00 bits per heavy atom. The predicted molar refractivity (Wildman–Crippen MR) is 111 cm³/mol. The van der Waals surface area contributed by atoms with Crippen molar-refractivity contribution in [3.63, 3.8) is 0 Å². The van der Waals surface area contributed by atoms with Gasteiger partial charge < -0.3 is 9.64 Å². The number of ether oxygens (including phenoxy) is 1. The van der Waals surface area contributed by atoms with E-state index in [0.717, 1.165) is 40.9 Å². The minimum atomic E-state index is -0.0883. The molecule has 3 heterocycles. The summed E-state index contributed by atoms with van der Waals surface area (Å²) in [5.74, 6) is 0. The van der Waals surface area contributed by atoms with Crippen LogP contribution in [-0.2, 0) is 4.74 Å². The van der Waals surface area contributed by atoms with Crippen LogP contribution in [0.25, 0.3) is 27.5 Å². The second-order valence-corrected chi connectivity index (χ2v) is 7.50. The summed E-state index contributed by atoms with van der Waals surface area (Å²) in [6.45, 7) is 5.89. The molecule has 1 N–H and O–H groups in total. The van der Waals surface area contributed by atoms with Gasteiger partial charge in [-0.3, -0.25) is 14.9 Å². The molecule has 0 aliphatic carbocycles. The normalized spacial score (nSPS) is 20.1. The van der Waals surface area contributed by atoms with Crippen LogP contribution in [-0.4, -0.2) is 40.1 Å². The number of hydrogen-bond acceptors (Lipinski definition) is 4. The Balaban J connectivity index is 1.68. The van der Waals surface area contributed by atoms with Gasteiger partial charge in [0, 0.05) is 30.4 Å². The van der Waals surface area contributed by atoms with Crippen molar-refractivity contribution in [3.8, 4) is 5.69 Å². The number of fused-ring (bicyclic) bond motifs is 3. The summed E-state index contributed by atoms with van der Waals surface area (Å²) in [5.41, 5.74) is 3.53. The molecule has 142 valence electrons. The minimum absolute atomic E-state index is 0.0883. The molecule has 1 aliphatic heterocycles. The van der Waals surface area contributed by atoms with E-state index in [0.29, 0.717) is 5.39 Å². The highest BCUT2D eigenvalue weighted by atomic mass is 16.5. The van der Waals surface area contributed by atoms with E-state index >= 15 is 0 Å². The summed E-state index contributed by atoms with van der Waals surface area (Å²) in [6, 6.07) is 15.8. The number of benzene rings is 2. The molecule has 2 aromatic carbocycles. The van der Waals surface area contributed by atoms with Crippen LogP contribution in [0.1, 0.15) is 13.8 Å². The van der Waals surface area contributed by atoms with Crippen LogP contribution in [0.15, 0.2) is 59.5 Å². The molecule has 4 aromatic rings. The third-order valence-corrected chi connectivity index (χ3v) is 5.31. The molecule has 1 aliphatic rings. The number of aromatic nitrogens is 3. The van der Waals surface area contributed by atoms with E-state index in [-0.39, 0.29) is 17.8 Å². The lowest BCUT2D eigenvalue weighted by Gasteiger charge is -2.37. The van der Waals surface area contributed by atoms with Gasteiger partial charge in [0.15, 0.2) is 0 Å². The van der Waals surface area contributed by atoms with Crippen molar-refractivity contribution < 1.29 is 4.74 Å². The van der Waals surface area contributed by atoms with E-state index in [1.807, 2.05) is 36.4 Å². The lowest BCUT2D eigenvalue weighted by Crippen LogP contribution is -2.45. The molecule has 28 heavy (non-hydrogen) atoms. The first-order chi connectivity index (χ1) is 13.6. The zero-order valence-corrected chi connectivity index (χ0v) is 15.9. The fraction of sp³-hybridized carbons (Fsp3) is 0.273. The van der Waals surface area contributed by atoms with Gasteiger partial charge in [-0.05, 0) is 44.2 Å². The second kappa shape index (κ2) is 6.49. The van der Waals surface area contributed by atoms with Crippen molar-refractivity contribution in [1.29, 1.82) is 0 Å². The molecule has 0 saturated carbocycles. The van der Waals surface area contributed by atoms with Crippen LogP contribution in [0.2, 0.25) is 0 Å². The van der Waals surface area contributed by atoms with Crippen LogP contribution < -0.4 is 10.5 Å². The number of morpholine rings is 1. The van der Waals surface area contributed by atoms with Crippen molar-refractivity contribution in [2.75, 3.05) is 18.0 Å². The summed E-state index contributed by atoms with van der Waals surface area (Å²) < 4.78 is 7.44. The summed E-state index contributed by atoms with van der Waals surface area (Å²) in [5, 5.41) is 4.84. The number of rotatable bonds is 2. The summed E-state index contributed by atoms with van der Waals surface area (Å²) in [4.78, 5) is 19.8. The third kappa shape index (κ3) is 2.77. The monoisotopic (exact) mass is 374 g/mol. The van der Waals surface area contributed by atoms with E-state index in [1.165, 1.54) is 0 Å². The first-order valence-corrected chi connectivity index (χ1v) is 9.59. The van der Waals surface area contributed by atoms with E-state index in [2.05, 4.69) is 41.0 Å². The number of para-hydroxylation sites is 1. The Kier molecular flexibility index (Phi) is 3.94. The SMILES string of the molecule is CC1CN(c2ccc3ncc4c(=O)n(-c5ccccc5)[nH]c4c3c2)CC(C)O1. The molecular formula is C22H22N4O2. The average molecular weight is 374 g/mol. The number of nitrogens with zero attached hydrogens (tertiary/aromatic N) is 3. The maximum Gasteiger partial charge on any atom is 0.280 e. The zero-order chi connectivity index (χ0) is 19.3. The van der Waals surface area contributed by atoms with Crippen molar-refractivity contribution >= 4 is 27.5 Å². The van der Waals surface area contributed by atoms with Crippen LogP contribution in [0.4, 0.5) is 5.69 Å². The summed E-state index contributed by atoms with van der Waals surface area (Å²) in [6.07, 6.45) is 2.04. The van der Waals surface area contributed by atoms with Gasteiger partial charge in [0.05, 0.1) is 34.3 Å². The van der Waals surface area contributed by atoms with E-state index in [4.69, 9.17) is 4.74 Å². The van der Waals surface area contributed by atoms with Crippen LogP contribution >= 0.6 is 0 Å². The van der Waals surface area contributed by atoms with Gasteiger partial charge in [0.1, 0.15) is 0 Å². The molecule has 5 rings (SSSR count). The predicted octanol–water partition coefficient (Wildman–Crippen LogP) is 3.48. The van der Waals surface area contributed by atoms with E-state index in [1.54, 1.807) is 10.9 Å². The maximum atomic E-state index is 12.9. The number of H-pyrrole nitrogens is 1. The van der Waals surface area contributed by atoms with Gasteiger partial charge in [-0.15, -0.1) is 0 Å². The average Bonchev–Trinajstić information content (AvgIpc) is 3.04. The molecule has 0 bridgehead atoms. The van der Waals surface area contributed by atoms with Gasteiger partial charge >= 0.3 is 0 Å². The van der Waals surface area contributed by atoms with Gasteiger partial charge in [-0.2, -0.15) is 0 Å². The van der Waals surface area contributed by atoms with Crippen molar-refractivity contribution in [3.05, 3.63) is 65.1 Å². The van der Waals surface area contributed by atoms with Crippen molar-refractivity contribution in [2.45, 2.75) is 26.1 Å². The molecule has 2 unspecified atom stereocenters. The molecule has 2 atom stereocenters. The quantitative estimate of drug-likeness (QED) is 0.583. The lowest BCUT2D eigenvalue weighted by molar-refractivity contribution is -0.00520. The number of nitrogens with one attached hydrogen (secondary N) is 1. The zero-order valence-electron chi connectivity index (χ0n) is 15.9. The van der Waals surface area contributed by atoms with E-state index < -0.39 is 0 Å². The first-order valence-electron chi connectivity index (χ1n) is 9.59. The molecule has 0 spiro atoms. The van der Waals surface area contributed by atoms with E-state index in [9.17, 15) is 4.79 Å². The summed E-state index contributed by atoms with van der Waals surface area (Å²) >= 11 is 0. The van der Waals surface area contributed by atoms with Crippen molar-refractivity contribution in [2.24, 2.45) is 0 Å².